The highest BCUT2D eigenvalue weighted by molar-refractivity contribution is 5.77. The first-order valence-electron chi connectivity index (χ1n) is 7.50. The number of β-amino-alcohol motifs (C(OH)–C–C–N with tert-alkyl or cyclic N) is 1. The Balaban J connectivity index is 1.82. The number of hydrogen-bond donors (Lipinski definition) is 1. The Bertz CT molecular complexity index is 465. The molecule has 2 rings (SSSR count). The number of ether oxygens (including phenoxy) is 1. The van der Waals surface area contributed by atoms with E-state index < -0.39 is 0 Å². The van der Waals surface area contributed by atoms with Crippen molar-refractivity contribution in [3.8, 4) is 5.75 Å². The predicted molar refractivity (Wildman–Crippen MR) is 81.4 cm³/mol. The largest absolute Gasteiger partial charge is 0.484 e. The minimum Gasteiger partial charge on any atom is -0.484 e. The van der Waals surface area contributed by atoms with Crippen molar-refractivity contribution in [2.24, 2.45) is 0 Å². The maximum atomic E-state index is 12.2. The van der Waals surface area contributed by atoms with Crippen molar-refractivity contribution in [1.82, 2.24) is 9.80 Å². The SMILES string of the molecule is Cc1ccccc1OCC(=O)N1CCCN(CCO)CC1. The molecule has 0 aliphatic carbocycles. The molecule has 1 aliphatic rings. The maximum absolute atomic E-state index is 12.2. The Hall–Kier alpha value is -1.59. The van der Waals surface area contributed by atoms with Crippen molar-refractivity contribution in [3.63, 3.8) is 0 Å². The van der Waals surface area contributed by atoms with Gasteiger partial charge in [0.05, 0.1) is 6.61 Å². The average molecular weight is 292 g/mol. The molecule has 1 aromatic rings. The van der Waals surface area contributed by atoms with Crippen LogP contribution >= 0.6 is 0 Å². The number of rotatable bonds is 5. The normalized spacial score (nSPS) is 16.6. The van der Waals surface area contributed by atoms with Gasteiger partial charge in [-0.05, 0) is 31.5 Å². The van der Waals surface area contributed by atoms with Gasteiger partial charge in [-0.15, -0.1) is 0 Å². The summed E-state index contributed by atoms with van der Waals surface area (Å²) in [6, 6.07) is 7.71. The predicted octanol–water partition coefficient (Wildman–Crippen LogP) is 0.900. The van der Waals surface area contributed by atoms with E-state index in [1.165, 1.54) is 0 Å². The van der Waals surface area contributed by atoms with E-state index >= 15 is 0 Å². The summed E-state index contributed by atoms with van der Waals surface area (Å²) < 4.78 is 5.62. The highest BCUT2D eigenvalue weighted by Gasteiger charge is 2.19. The number of carbonyl (C=O) groups excluding carboxylic acids is 1. The number of aryl methyl sites for hydroxylation is 1. The molecule has 0 aromatic heterocycles. The third-order valence-electron chi connectivity index (χ3n) is 3.80. The number of hydrogen-bond acceptors (Lipinski definition) is 4. The molecule has 5 nitrogen and oxygen atoms in total. The molecule has 116 valence electrons. The minimum atomic E-state index is 0.0316. The third-order valence-corrected chi connectivity index (χ3v) is 3.80. The average Bonchev–Trinajstić information content (AvgIpc) is 2.72. The van der Waals surface area contributed by atoms with Crippen LogP contribution in [0, 0.1) is 6.92 Å². The second-order valence-corrected chi connectivity index (χ2v) is 5.35. The molecule has 0 atom stereocenters. The van der Waals surface area contributed by atoms with Gasteiger partial charge in [-0.3, -0.25) is 9.69 Å². The molecule has 1 aromatic carbocycles. The first-order chi connectivity index (χ1) is 10.2. The zero-order valence-corrected chi connectivity index (χ0v) is 12.6. The Morgan fingerprint density at radius 2 is 2.05 bits per heavy atom. The summed E-state index contributed by atoms with van der Waals surface area (Å²) in [5, 5.41) is 8.98. The molecule has 0 unspecified atom stereocenters. The number of benzene rings is 1. The van der Waals surface area contributed by atoms with Crippen LogP contribution in [0.25, 0.3) is 0 Å². The lowest BCUT2D eigenvalue weighted by Gasteiger charge is -2.21. The molecule has 0 radical (unpaired) electrons. The number of nitrogens with zero attached hydrogens (tertiary/aromatic N) is 2. The zero-order chi connectivity index (χ0) is 15.1. The molecule has 1 N–H and O–H groups in total. The molecular weight excluding hydrogens is 268 g/mol. The number of carbonyl (C=O) groups is 1. The summed E-state index contributed by atoms with van der Waals surface area (Å²) >= 11 is 0. The van der Waals surface area contributed by atoms with Crippen molar-refractivity contribution >= 4 is 5.91 Å². The molecule has 1 fully saturated rings. The lowest BCUT2D eigenvalue weighted by molar-refractivity contribution is -0.133. The van der Waals surface area contributed by atoms with Crippen LogP contribution in [-0.4, -0.2) is 66.8 Å². The van der Waals surface area contributed by atoms with Crippen molar-refractivity contribution in [2.75, 3.05) is 45.9 Å². The number of amides is 1. The topological polar surface area (TPSA) is 53.0 Å². The van der Waals surface area contributed by atoms with E-state index in [-0.39, 0.29) is 19.1 Å². The summed E-state index contributed by atoms with van der Waals surface area (Å²) in [7, 11) is 0. The van der Waals surface area contributed by atoms with E-state index in [1.807, 2.05) is 36.1 Å². The van der Waals surface area contributed by atoms with E-state index in [9.17, 15) is 4.79 Å². The first kappa shape index (κ1) is 15.8. The maximum Gasteiger partial charge on any atom is 0.260 e. The van der Waals surface area contributed by atoms with E-state index in [0.717, 1.165) is 37.4 Å². The van der Waals surface area contributed by atoms with E-state index in [1.54, 1.807) is 0 Å². The molecule has 5 heteroatoms. The molecular formula is C16H24N2O3. The van der Waals surface area contributed by atoms with Crippen LogP contribution in [0.3, 0.4) is 0 Å². The zero-order valence-electron chi connectivity index (χ0n) is 12.6. The van der Waals surface area contributed by atoms with Gasteiger partial charge in [-0.25, -0.2) is 0 Å². The molecule has 21 heavy (non-hydrogen) atoms. The summed E-state index contributed by atoms with van der Waals surface area (Å²) in [4.78, 5) is 16.3. The van der Waals surface area contributed by atoms with E-state index in [0.29, 0.717) is 13.1 Å². The monoisotopic (exact) mass is 292 g/mol. The second kappa shape index (κ2) is 8.00. The lowest BCUT2D eigenvalue weighted by atomic mass is 10.2. The number of para-hydroxylation sites is 1. The van der Waals surface area contributed by atoms with Gasteiger partial charge >= 0.3 is 0 Å². The van der Waals surface area contributed by atoms with Gasteiger partial charge in [0.2, 0.25) is 0 Å². The fourth-order valence-corrected chi connectivity index (χ4v) is 2.53. The van der Waals surface area contributed by atoms with E-state index in [2.05, 4.69) is 4.90 Å². The Morgan fingerprint density at radius 1 is 1.24 bits per heavy atom. The Morgan fingerprint density at radius 3 is 2.81 bits per heavy atom. The molecule has 1 amide bonds. The number of aliphatic hydroxyl groups excluding tert-OH is 1. The summed E-state index contributed by atoms with van der Waals surface area (Å²) in [5.41, 5.74) is 1.04. The van der Waals surface area contributed by atoms with Crippen LogP contribution in [0.1, 0.15) is 12.0 Å². The van der Waals surface area contributed by atoms with Gasteiger partial charge in [0, 0.05) is 26.2 Å². The number of aliphatic hydroxyl groups is 1. The Labute approximate surface area is 126 Å². The molecule has 0 saturated carbocycles. The van der Waals surface area contributed by atoms with Crippen LogP contribution in [0.2, 0.25) is 0 Å². The van der Waals surface area contributed by atoms with Gasteiger partial charge in [-0.2, -0.15) is 0 Å². The van der Waals surface area contributed by atoms with Gasteiger partial charge in [0.25, 0.3) is 5.91 Å². The third kappa shape index (κ3) is 4.72. The van der Waals surface area contributed by atoms with Gasteiger partial charge in [-0.1, -0.05) is 18.2 Å². The molecule has 0 spiro atoms. The summed E-state index contributed by atoms with van der Waals surface area (Å²) in [6.07, 6.45) is 0.941. The highest BCUT2D eigenvalue weighted by atomic mass is 16.5. The molecule has 1 heterocycles. The van der Waals surface area contributed by atoms with Crippen molar-refractivity contribution in [2.45, 2.75) is 13.3 Å². The van der Waals surface area contributed by atoms with Crippen LogP contribution in [0.5, 0.6) is 5.75 Å². The summed E-state index contributed by atoms with van der Waals surface area (Å²) in [5.74, 6) is 0.798. The van der Waals surface area contributed by atoms with Crippen molar-refractivity contribution in [1.29, 1.82) is 0 Å². The molecule has 1 aliphatic heterocycles. The van der Waals surface area contributed by atoms with Crippen LogP contribution < -0.4 is 4.74 Å². The van der Waals surface area contributed by atoms with Crippen LogP contribution in [-0.2, 0) is 4.79 Å². The summed E-state index contributed by atoms with van der Waals surface area (Å²) in [6.45, 7) is 6.13. The van der Waals surface area contributed by atoms with E-state index in [4.69, 9.17) is 9.84 Å². The van der Waals surface area contributed by atoms with Crippen LogP contribution in [0.15, 0.2) is 24.3 Å². The lowest BCUT2D eigenvalue weighted by Crippen LogP contribution is -2.38. The molecule has 0 bridgehead atoms. The fraction of sp³-hybridized carbons (Fsp3) is 0.562. The first-order valence-corrected chi connectivity index (χ1v) is 7.50. The smallest absolute Gasteiger partial charge is 0.260 e. The Kier molecular flexibility index (Phi) is 6.02. The van der Waals surface area contributed by atoms with Gasteiger partial charge in [0.15, 0.2) is 6.61 Å². The van der Waals surface area contributed by atoms with Crippen molar-refractivity contribution in [3.05, 3.63) is 29.8 Å². The second-order valence-electron chi connectivity index (χ2n) is 5.35. The fourth-order valence-electron chi connectivity index (χ4n) is 2.53. The van der Waals surface area contributed by atoms with Gasteiger partial charge in [0.1, 0.15) is 5.75 Å². The molecule has 1 saturated heterocycles. The van der Waals surface area contributed by atoms with Crippen molar-refractivity contribution < 1.29 is 14.6 Å². The van der Waals surface area contributed by atoms with Gasteiger partial charge < -0.3 is 14.7 Å². The minimum absolute atomic E-state index is 0.0316. The standard InChI is InChI=1S/C16H24N2O3/c1-14-5-2-3-6-15(14)21-13-16(20)18-8-4-7-17(9-10-18)11-12-19/h2-3,5-6,19H,4,7-13H2,1H3. The highest BCUT2D eigenvalue weighted by Crippen LogP contribution is 2.16. The van der Waals surface area contributed by atoms with Crippen LogP contribution in [0.4, 0.5) is 0 Å². The quantitative estimate of drug-likeness (QED) is 0.876.